The van der Waals surface area contributed by atoms with Crippen molar-refractivity contribution in [2.45, 2.75) is 44.9 Å². The van der Waals surface area contributed by atoms with Gasteiger partial charge in [-0.05, 0) is 42.2 Å². The molecule has 0 N–H and O–H groups in total. The largest absolute Gasteiger partial charge is 0.284 e. The summed E-state index contributed by atoms with van der Waals surface area (Å²) in [6.07, 6.45) is 4.71. The summed E-state index contributed by atoms with van der Waals surface area (Å²) in [5, 5.41) is 9.27. The van der Waals surface area contributed by atoms with Crippen molar-refractivity contribution in [2.75, 3.05) is 0 Å². The van der Waals surface area contributed by atoms with E-state index in [1.807, 2.05) is 36.4 Å². The molecule has 0 spiro atoms. The maximum Gasteiger partial charge on any atom is 0.242 e. The van der Waals surface area contributed by atoms with Gasteiger partial charge in [0.2, 0.25) is 5.91 Å². The molecule has 0 aromatic heterocycles. The molecule has 28 heavy (non-hydrogen) atoms. The van der Waals surface area contributed by atoms with Gasteiger partial charge < -0.3 is 0 Å². The van der Waals surface area contributed by atoms with E-state index in [-0.39, 0.29) is 11.2 Å². The summed E-state index contributed by atoms with van der Waals surface area (Å²) >= 11 is 4.96. The lowest BCUT2D eigenvalue weighted by Gasteiger charge is -2.17. The Labute approximate surface area is 179 Å². The first-order chi connectivity index (χ1) is 13.6. The van der Waals surface area contributed by atoms with Gasteiger partial charge in [0.05, 0.1) is 18.0 Å². The molecule has 2 aromatic carbocycles. The number of carbonyl (C=O) groups is 1. The van der Waals surface area contributed by atoms with Crippen molar-refractivity contribution in [3.63, 3.8) is 0 Å². The molecule has 1 saturated heterocycles. The monoisotopic (exact) mass is 457 g/mol. The lowest BCUT2D eigenvalue weighted by Crippen LogP contribution is -2.31. The molecule has 0 radical (unpaired) electrons. The van der Waals surface area contributed by atoms with Crippen molar-refractivity contribution in [3.05, 3.63) is 69.7 Å². The van der Waals surface area contributed by atoms with Crippen LogP contribution in [0.4, 0.5) is 0 Å². The number of unbranched alkanes of at least 4 members (excludes halogenated alkanes) is 1. The standard InChI is InChI=1S/C22H24BrN3OS/c1-3-4-9-20-21(27)26(15-18-8-6-5-7-16(18)2)22(28-20)25-24-14-17-10-12-19(23)13-11-17/h5-8,10-14,20H,3-4,9,15H2,1-2H3/b24-14+,25-22+. The van der Waals surface area contributed by atoms with E-state index < -0.39 is 0 Å². The Morgan fingerprint density at radius 1 is 1.18 bits per heavy atom. The quantitative estimate of drug-likeness (QED) is 0.390. The van der Waals surface area contributed by atoms with E-state index in [2.05, 4.69) is 52.1 Å². The fourth-order valence-corrected chi connectivity index (χ4v) is 4.36. The number of halogens is 1. The van der Waals surface area contributed by atoms with Gasteiger partial charge in [-0.1, -0.05) is 83.9 Å². The molecular formula is C22H24BrN3OS. The first-order valence-electron chi connectivity index (χ1n) is 9.47. The van der Waals surface area contributed by atoms with Gasteiger partial charge in [0.15, 0.2) is 5.17 Å². The van der Waals surface area contributed by atoms with Crippen LogP contribution in [0.15, 0.2) is 63.2 Å². The lowest BCUT2D eigenvalue weighted by molar-refractivity contribution is -0.126. The highest BCUT2D eigenvalue weighted by Crippen LogP contribution is 2.32. The number of thioether (sulfide) groups is 1. The lowest BCUT2D eigenvalue weighted by atomic mass is 10.1. The zero-order valence-corrected chi connectivity index (χ0v) is 18.5. The summed E-state index contributed by atoms with van der Waals surface area (Å²) in [5.74, 6) is 0.138. The van der Waals surface area contributed by atoms with E-state index in [1.165, 1.54) is 17.3 Å². The van der Waals surface area contributed by atoms with E-state index in [0.29, 0.717) is 11.7 Å². The van der Waals surface area contributed by atoms with Crippen molar-refractivity contribution < 1.29 is 4.79 Å². The van der Waals surface area contributed by atoms with Crippen molar-refractivity contribution in [2.24, 2.45) is 10.2 Å². The number of rotatable bonds is 7. The van der Waals surface area contributed by atoms with Gasteiger partial charge in [-0.25, -0.2) is 0 Å². The molecule has 146 valence electrons. The zero-order chi connectivity index (χ0) is 19.9. The van der Waals surface area contributed by atoms with Gasteiger partial charge >= 0.3 is 0 Å². The molecule has 6 heteroatoms. The maximum absolute atomic E-state index is 13.0. The van der Waals surface area contributed by atoms with Gasteiger partial charge in [0.1, 0.15) is 0 Å². The normalized spacial score (nSPS) is 18.5. The van der Waals surface area contributed by atoms with Crippen LogP contribution in [0.5, 0.6) is 0 Å². The molecule has 0 bridgehead atoms. The molecule has 1 unspecified atom stereocenters. The molecule has 1 aliphatic heterocycles. The molecule has 1 amide bonds. The average Bonchev–Trinajstić information content (AvgIpc) is 2.98. The Morgan fingerprint density at radius 2 is 1.93 bits per heavy atom. The minimum absolute atomic E-state index is 0.0643. The molecule has 3 rings (SSSR count). The summed E-state index contributed by atoms with van der Waals surface area (Å²) < 4.78 is 1.02. The van der Waals surface area contributed by atoms with E-state index in [1.54, 1.807) is 11.1 Å². The minimum atomic E-state index is -0.0643. The fourth-order valence-electron chi connectivity index (χ4n) is 2.96. The van der Waals surface area contributed by atoms with E-state index in [0.717, 1.165) is 34.9 Å². The number of amidine groups is 1. The van der Waals surface area contributed by atoms with Crippen LogP contribution in [0.3, 0.4) is 0 Å². The first kappa shape index (κ1) is 20.8. The topological polar surface area (TPSA) is 45.0 Å². The molecule has 1 fully saturated rings. The number of amides is 1. The van der Waals surface area contributed by atoms with Crippen molar-refractivity contribution >= 4 is 45.0 Å². The van der Waals surface area contributed by atoms with Crippen LogP contribution in [-0.4, -0.2) is 27.4 Å². The second-order valence-electron chi connectivity index (χ2n) is 6.78. The van der Waals surface area contributed by atoms with Crippen molar-refractivity contribution in [1.29, 1.82) is 0 Å². The third-order valence-corrected chi connectivity index (χ3v) is 6.41. The number of hydrogen-bond acceptors (Lipinski definition) is 4. The highest BCUT2D eigenvalue weighted by atomic mass is 79.9. The molecule has 1 atom stereocenters. The Balaban J connectivity index is 1.81. The number of benzene rings is 2. The minimum Gasteiger partial charge on any atom is -0.284 e. The van der Waals surface area contributed by atoms with Gasteiger partial charge in [-0.3, -0.25) is 9.69 Å². The Morgan fingerprint density at radius 3 is 2.64 bits per heavy atom. The highest BCUT2D eigenvalue weighted by Gasteiger charge is 2.37. The number of carbonyl (C=O) groups excluding carboxylic acids is 1. The Hall–Kier alpha value is -1.92. The highest BCUT2D eigenvalue weighted by molar-refractivity contribution is 9.10. The van der Waals surface area contributed by atoms with Crippen LogP contribution in [0.25, 0.3) is 0 Å². The van der Waals surface area contributed by atoms with Crippen molar-refractivity contribution in [1.82, 2.24) is 4.90 Å². The molecule has 0 aliphatic carbocycles. The van der Waals surface area contributed by atoms with Crippen LogP contribution in [0, 0.1) is 6.92 Å². The van der Waals surface area contributed by atoms with E-state index >= 15 is 0 Å². The predicted molar refractivity (Wildman–Crippen MR) is 122 cm³/mol. The summed E-state index contributed by atoms with van der Waals surface area (Å²) in [7, 11) is 0. The van der Waals surface area contributed by atoms with E-state index in [9.17, 15) is 4.79 Å². The van der Waals surface area contributed by atoms with Crippen LogP contribution >= 0.6 is 27.7 Å². The number of nitrogens with zero attached hydrogens (tertiary/aromatic N) is 3. The molecule has 1 aliphatic rings. The Kier molecular flexibility index (Phi) is 7.45. The van der Waals surface area contributed by atoms with Crippen LogP contribution in [-0.2, 0) is 11.3 Å². The second kappa shape index (κ2) is 10.0. The van der Waals surface area contributed by atoms with Gasteiger partial charge in [0, 0.05) is 4.47 Å². The van der Waals surface area contributed by atoms with E-state index in [4.69, 9.17) is 0 Å². The summed E-state index contributed by atoms with van der Waals surface area (Å²) in [6, 6.07) is 16.0. The van der Waals surface area contributed by atoms with Crippen LogP contribution < -0.4 is 0 Å². The second-order valence-corrected chi connectivity index (χ2v) is 8.86. The van der Waals surface area contributed by atoms with Crippen molar-refractivity contribution in [3.8, 4) is 0 Å². The van der Waals surface area contributed by atoms with Crippen LogP contribution in [0.1, 0.15) is 42.9 Å². The smallest absolute Gasteiger partial charge is 0.242 e. The fraction of sp³-hybridized carbons (Fsp3) is 0.318. The molecule has 2 aromatic rings. The molecule has 4 nitrogen and oxygen atoms in total. The first-order valence-corrected chi connectivity index (χ1v) is 11.1. The van der Waals surface area contributed by atoms with Crippen LogP contribution in [0.2, 0.25) is 0 Å². The summed E-state index contributed by atoms with van der Waals surface area (Å²) in [4.78, 5) is 14.8. The van der Waals surface area contributed by atoms with Gasteiger partial charge in [-0.15, -0.1) is 5.10 Å². The molecule has 1 heterocycles. The Bertz CT molecular complexity index is 880. The molecular weight excluding hydrogens is 434 g/mol. The summed E-state index contributed by atoms with van der Waals surface area (Å²) in [5.41, 5.74) is 3.28. The predicted octanol–water partition coefficient (Wildman–Crippen LogP) is 5.78. The number of aryl methyl sites for hydroxylation is 1. The maximum atomic E-state index is 13.0. The van der Waals surface area contributed by atoms with Gasteiger partial charge in [-0.2, -0.15) is 5.10 Å². The molecule has 0 saturated carbocycles. The SMILES string of the molecule is CCCCC1S/C(=N/N=C/c2ccc(Br)cc2)N(Cc2ccccc2C)C1=O. The zero-order valence-electron chi connectivity index (χ0n) is 16.1. The summed E-state index contributed by atoms with van der Waals surface area (Å²) in [6.45, 7) is 4.75. The average molecular weight is 458 g/mol. The van der Waals surface area contributed by atoms with Gasteiger partial charge in [0.25, 0.3) is 0 Å². The number of hydrogen-bond donors (Lipinski definition) is 0. The third-order valence-electron chi connectivity index (χ3n) is 4.65. The third kappa shape index (κ3) is 5.32.